The fourth-order valence-electron chi connectivity index (χ4n) is 4.19. The van der Waals surface area contributed by atoms with Gasteiger partial charge in [0.2, 0.25) is 0 Å². The van der Waals surface area contributed by atoms with Crippen LogP contribution in [0.15, 0.2) is 12.2 Å². The highest BCUT2D eigenvalue weighted by Crippen LogP contribution is 2.28. The second-order valence-corrected chi connectivity index (χ2v) is 9.09. The number of carbonyl (C=O) groups is 2. The first-order valence-corrected chi connectivity index (χ1v) is 13.2. The first-order chi connectivity index (χ1) is 15.2. The van der Waals surface area contributed by atoms with E-state index in [1.165, 1.54) is 57.8 Å². The molecule has 0 aromatic carbocycles. The van der Waals surface area contributed by atoms with E-state index in [0.717, 1.165) is 38.5 Å². The largest absolute Gasteiger partial charge is 0.465 e. The topological polar surface area (TPSA) is 52.6 Å². The average Bonchev–Trinajstić information content (AvgIpc) is 2.79. The van der Waals surface area contributed by atoms with Crippen LogP contribution in [0, 0.1) is 11.8 Å². The highest BCUT2D eigenvalue weighted by Gasteiger charge is 2.36. The van der Waals surface area contributed by atoms with Gasteiger partial charge in [0.25, 0.3) is 0 Å². The molecule has 1 aliphatic rings. The molecule has 4 nitrogen and oxygen atoms in total. The maximum Gasteiger partial charge on any atom is 0.310 e. The van der Waals surface area contributed by atoms with Crippen LogP contribution in [0.25, 0.3) is 0 Å². The van der Waals surface area contributed by atoms with E-state index in [0.29, 0.717) is 26.1 Å². The second-order valence-electron chi connectivity index (χ2n) is 9.09. The van der Waals surface area contributed by atoms with E-state index in [9.17, 15) is 9.59 Å². The van der Waals surface area contributed by atoms with Crippen LogP contribution < -0.4 is 0 Å². The molecule has 0 radical (unpaired) electrons. The van der Waals surface area contributed by atoms with Gasteiger partial charge in [0.1, 0.15) is 0 Å². The van der Waals surface area contributed by atoms with Gasteiger partial charge in [-0.1, -0.05) is 109 Å². The summed E-state index contributed by atoms with van der Waals surface area (Å²) in [7, 11) is 0. The summed E-state index contributed by atoms with van der Waals surface area (Å²) in [6, 6.07) is 0. The van der Waals surface area contributed by atoms with Crippen LogP contribution in [0.2, 0.25) is 0 Å². The molecule has 0 bridgehead atoms. The summed E-state index contributed by atoms with van der Waals surface area (Å²) in [6.45, 7) is 5.34. The Morgan fingerprint density at radius 1 is 0.581 bits per heavy atom. The number of allylic oxidation sites excluding steroid dienone is 2. The van der Waals surface area contributed by atoms with Crippen molar-refractivity contribution in [3.8, 4) is 0 Å². The zero-order chi connectivity index (χ0) is 22.6. The van der Waals surface area contributed by atoms with Crippen LogP contribution >= 0.6 is 0 Å². The minimum absolute atomic E-state index is 0.232. The number of rotatable bonds is 19. The first-order valence-electron chi connectivity index (χ1n) is 13.2. The van der Waals surface area contributed by atoms with Crippen LogP contribution in [-0.4, -0.2) is 25.2 Å². The highest BCUT2D eigenvalue weighted by atomic mass is 16.5. The molecule has 2 atom stereocenters. The van der Waals surface area contributed by atoms with Crippen molar-refractivity contribution in [3.63, 3.8) is 0 Å². The van der Waals surface area contributed by atoms with Gasteiger partial charge in [0.15, 0.2) is 0 Å². The third kappa shape index (κ3) is 13.6. The Labute approximate surface area is 191 Å². The summed E-state index contributed by atoms with van der Waals surface area (Å²) in [5, 5.41) is 0. The van der Waals surface area contributed by atoms with Gasteiger partial charge in [-0.3, -0.25) is 9.59 Å². The van der Waals surface area contributed by atoms with Crippen molar-refractivity contribution in [2.75, 3.05) is 13.2 Å². The SMILES string of the molecule is CCCCCCCCCCCCCOC(=O)C1CC=CCC1C(=O)OCCCCCC. The van der Waals surface area contributed by atoms with Gasteiger partial charge in [0.05, 0.1) is 25.0 Å². The minimum Gasteiger partial charge on any atom is -0.465 e. The van der Waals surface area contributed by atoms with Crippen LogP contribution in [0.3, 0.4) is 0 Å². The molecule has 0 aromatic rings. The maximum absolute atomic E-state index is 12.5. The molecular formula is C27H48O4. The van der Waals surface area contributed by atoms with Crippen molar-refractivity contribution in [1.82, 2.24) is 0 Å². The fraction of sp³-hybridized carbons (Fsp3) is 0.852. The van der Waals surface area contributed by atoms with E-state index in [2.05, 4.69) is 13.8 Å². The van der Waals surface area contributed by atoms with Crippen molar-refractivity contribution in [3.05, 3.63) is 12.2 Å². The Morgan fingerprint density at radius 2 is 0.903 bits per heavy atom. The molecule has 0 aliphatic heterocycles. The number of carbonyl (C=O) groups excluding carboxylic acids is 2. The third-order valence-electron chi connectivity index (χ3n) is 6.27. The van der Waals surface area contributed by atoms with E-state index in [1.807, 2.05) is 12.2 Å². The van der Waals surface area contributed by atoms with Crippen LogP contribution in [0.1, 0.15) is 123 Å². The summed E-state index contributed by atoms with van der Waals surface area (Å²) < 4.78 is 11.0. The van der Waals surface area contributed by atoms with Crippen LogP contribution in [-0.2, 0) is 19.1 Å². The Morgan fingerprint density at radius 3 is 1.29 bits per heavy atom. The molecular weight excluding hydrogens is 388 g/mol. The molecule has 0 spiro atoms. The van der Waals surface area contributed by atoms with Gasteiger partial charge in [-0.05, 0) is 25.7 Å². The van der Waals surface area contributed by atoms with Gasteiger partial charge in [0, 0.05) is 0 Å². The third-order valence-corrected chi connectivity index (χ3v) is 6.27. The lowest BCUT2D eigenvalue weighted by Gasteiger charge is -2.25. The highest BCUT2D eigenvalue weighted by molar-refractivity contribution is 5.82. The van der Waals surface area contributed by atoms with Crippen molar-refractivity contribution in [2.45, 2.75) is 123 Å². The predicted molar refractivity (Wildman–Crippen MR) is 128 cm³/mol. The zero-order valence-electron chi connectivity index (χ0n) is 20.4. The Balaban J connectivity index is 2.12. The molecule has 31 heavy (non-hydrogen) atoms. The molecule has 0 heterocycles. The van der Waals surface area contributed by atoms with Crippen LogP contribution in [0.4, 0.5) is 0 Å². The molecule has 2 unspecified atom stereocenters. The van der Waals surface area contributed by atoms with E-state index >= 15 is 0 Å². The van der Waals surface area contributed by atoms with Gasteiger partial charge in [-0.2, -0.15) is 0 Å². The van der Waals surface area contributed by atoms with E-state index in [1.54, 1.807) is 0 Å². The number of hydrogen-bond acceptors (Lipinski definition) is 4. The molecule has 0 aromatic heterocycles. The molecule has 4 heteroatoms. The summed E-state index contributed by atoms with van der Waals surface area (Å²) in [6.07, 6.45) is 23.4. The normalized spacial score (nSPS) is 18.1. The standard InChI is InChI=1S/C27H48O4/c1-3-5-7-9-10-11-12-13-14-15-19-23-31-27(29)25-21-17-16-20-24(25)26(28)30-22-18-8-6-4-2/h16-17,24-25H,3-15,18-23H2,1-2H3. The van der Waals surface area contributed by atoms with E-state index in [4.69, 9.17) is 9.47 Å². The van der Waals surface area contributed by atoms with Crippen molar-refractivity contribution in [2.24, 2.45) is 11.8 Å². The summed E-state index contributed by atoms with van der Waals surface area (Å²) in [5.74, 6) is -1.25. The second kappa shape index (κ2) is 19.4. The Hall–Kier alpha value is -1.32. The lowest BCUT2D eigenvalue weighted by molar-refractivity contribution is -0.161. The van der Waals surface area contributed by atoms with E-state index < -0.39 is 0 Å². The maximum atomic E-state index is 12.5. The number of ether oxygens (including phenoxy) is 2. The van der Waals surface area contributed by atoms with Gasteiger partial charge < -0.3 is 9.47 Å². The molecule has 180 valence electrons. The van der Waals surface area contributed by atoms with Crippen molar-refractivity contribution < 1.29 is 19.1 Å². The molecule has 0 N–H and O–H groups in total. The summed E-state index contributed by atoms with van der Waals surface area (Å²) in [4.78, 5) is 25.0. The quantitative estimate of drug-likeness (QED) is 0.119. The minimum atomic E-state index is -0.388. The Kier molecular flexibility index (Phi) is 17.3. The first kappa shape index (κ1) is 27.7. The summed E-state index contributed by atoms with van der Waals surface area (Å²) >= 11 is 0. The average molecular weight is 437 g/mol. The molecule has 0 saturated heterocycles. The fourth-order valence-corrected chi connectivity index (χ4v) is 4.19. The molecule has 1 aliphatic carbocycles. The van der Waals surface area contributed by atoms with Gasteiger partial charge in [-0.15, -0.1) is 0 Å². The monoisotopic (exact) mass is 436 g/mol. The molecule has 0 amide bonds. The van der Waals surface area contributed by atoms with Crippen LogP contribution in [0.5, 0.6) is 0 Å². The smallest absolute Gasteiger partial charge is 0.310 e. The number of esters is 2. The lowest BCUT2D eigenvalue weighted by Crippen LogP contribution is -2.34. The number of unbranched alkanes of at least 4 members (excludes halogenated alkanes) is 13. The number of hydrogen-bond donors (Lipinski definition) is 0. The molecule has 0 fully saturated rings. The zero-order valence-corrected chi connectivity index (χ0v) is 20.4. The van der Waals surface area contributed by atoms with Crippen molar-refractivity contribution in [1.29, 1.82) is 0 Å². The van der Waals surface area contributed by atoms with Gasteiger partial charge in [-0.25, -0.2) is 0 Å². The molecule has 1 rings (SSSR count). The van der Waals surface area contributed by atoms with Crippen molar-refractivity contribution >= 4 is 11.9 Å². The Bertz CT molecular complexity index is 486. The predicted octanol–water partition coefficient (Wildman–Crippen LogP) is 7.55. The lowest BCUT2D eigenvalue weighted by atomic mass is 9.83. The molecule has 0 saturated carbocycles. The van der Waals surface area contributed by atoms with E-state index in [-0.39, 0.29) is 23.8 Å². The van der Waals surface area contributed by atoms with Gasteiger partial charge >= 0.3 is 11.9 Å². The summed E-state index contributed by atoms with van der Waals surface area (Å²) in [5.41, 5.74) is 0.